The maximum atomic E-state index is 12.1. The fraction of sp³-hybridized carbons (Fsp3) is 0.368. The van der Waals surface area contributed by atoms with Gasteiger partial charge in [-0.3, -0.25) is 4.79 Å². The van der Waals surface area contributed by atoms with Crippen molar-refractivity contribution < 1.29 is 13.2 Å². The molecule has 0 saturated heterocycles. The summed E-state index contributed by atoms with van der Waals surface area (Å²) in [7, 11) is -0.541. The van der Waals surface area contributed by atoms with Crippen LogP contribution in [-0.4, -0.2) is 49.5 Å². The highest BCUT2D eigenvalue weighted by Crippen LogP contribution is 2.18. The van der Waals surface area contributed by atoms with Crippen molar-refractivity contribution in [2.24, 2.45) is 0 Å². The van der Waals surface area contributed by atoms with Gasteiger partial charge in [-0.1, -0.05) is 42.1 Å². The molecule has 8 heteroatoms. The minimum atomic E-state index is -3.49. The summed E-state index contributed by atoms with van der Waals surface area (Å²) in [6.07, 6.45) is 3.10. The van der Waals surface area contributed by atoms with Gasteiger partial charge < -0.3 is 5.32 Å². The molecule has 1 amide bonds. The second-order valence-electron chi connectivity index (χ2n) is 6.40. The standard InChI is InChI=1S/C19H25N3O3S2/c1-15(9-10-16-7-5-4-6-8-16)21-18(23)14-26-19-12-11-17(13-20-19)27(24,25)22(2)3/h4-8,11-13,15H,9-10,14H2,1-3H3,(H,21,23)/t15-/m1/s1. The van der Waals surface area contributed by atoms with Gasteiger partial charge in [-0.15, -0.1) is 0 Å². The number of pyridine rings is 1. The topological polar surface area (TPSA) is 79.4 Å². The van der Waals surface area contributed by atoms with Gasteiger partial charge in [0.2, 0.25) is 15.9 Å². The fourth-order valence-electron chi connectivity index (χ4n) is 2.37. The van der Waals surface area contributed by atoms with E-state index in [0.717, 1.165) is 17.1 Å². The van der Waals surface area contributed by atoms with Crippen LogP contribution < -0.4 is 5.32 Å². The van der Waals surface area contributed by atoms with Crippen LogP contribution in [0, 0.1) is 0 Å². The van der Waals surface area contributed by atoms with Gasteiger partial charge in [-0.2, -0.15) is 0 Å². The van der Waals surface area contributed by atoms with Crippen molar-refractivity contribution in [2.75, 3.05) is 19.8 Å². The molecule has 6 nitrogen and oxygen atoms in total. The van der Waals surface area contributed by atoms with Crippen LogP contribution in [0.15, 0.2) is 58.6 Å². The lowest BCUT2D eigenvalue weighted by Crippen LogP contribution is -2.34. The van der Waals surface area contributed by atoms with Crippen molar-refractivity contribution in [3.8, 4) is 0 Å². The van der Waals surface area contributed by atoms with E-state index < -0.39 is 10.0 Å². The number of aromatic nitrogens is 1. The number of nitrogens with one attached hydrogen (secondary N) is 1. The summed E-state index contributed by atoms with van der Waals surface area (Å²) in [5.41, 5.74) is 1.25. The van der Waals surface area contributed by atoms with E-state index >= 15 is 0 Å². The summed E-state index contributed by atoms with van der Waals surface area (Å²) in [6, 6.07) is 13.4. The largest absolute Gasteiger partial charge is 0.353 e. The van der Waals surface area contributed by atoms with Crippen LogP contribution in [0.3, 0.4) is 0 Å². The first-order valence-electron chi connectivity index (χ1n) is 8.63. The van der Waals surface area contributed by atoms with Gasteiger partial charge in [-0.25, -0.2) is 17.7 Å². The number of benzene rings is 1. The quantitative estimate of drug-likeness (QED) is 0.646. The molecule has 1 atom stereocenters. The molecule has 0 radical (unpaired) electrons. The Hall–Kier alpha value is -1.90. The molecule has 27 heavy (non-hydrogen) atoms. The van der Waals surface area contributed by atoms with Crippen LogP contribution in [0.5, 0.6) is 0 Å². The van der Waals surface area contributed by atoms with Crippen molar-refractivity contribution in [2.45, 2.75) is 35.7 Å². The van der Waals surface area contributed by atoms with Crippen molar-refractivity contribution in [3.63, 3.8) is 0 Å². The second-order valence-corrected chi connectivity index (χ2v) is 9.55. The summed E-state index contributed by atoms with van der Waals surface area (Å²) in [4.78, 5) is 16.4. The first-order valence-corrected chi connectivity index (χ1v) is 11.1. The Labute approximate surface area is 165 Å². The highest BCUT2D eigenvalue weighted by molar-refractivity contribution is 7.99. The number of carbonyl (C=O) groups excluding carboxylic acids is 1. The third-order valence-electron chi connectivity index (χ3n) is 3.96. The number of sulfonamides is 1. The molecule has 0 unspecified atom stereocenters. The lowest BCUT2D eigenvalue weighted by molar-refractivity contribution is -0.119. The molecule has 0 aliphatic heterocycles. The van der Waals surface area contributed by atoms with Crippen molar-refractivity contribution in [3.05, 3.63) is 54.2 Å². The molecule has 0 aliphatic carbocycles. The van der Waals surface area contributed by atoms with E-state index in [2.05, 4.69) is 22.4 Å². The van der Waals surface area contributed by atoms with Crippen LogP contribution in [0.25, 0.3) is 0 Å². The minimum Gasteiger partial charge on any atom is -0.353 e. The number of amides is 1. The molecule has 0 saturated carbocycles. The molecule has 1 N–H and O–H groups in total. The van der Waals surface area contributed by atoms with Crippen LogP contribution in [0.4, 0.5) is 0 Å². The summed E-state index contributed by atoms with van der Waals surface area (Å²) in [6.45, 7) is 1.99. The molecule has 0 spiro atoms. The Balaban J connectivity index is 1.78. The molecule has 146 valence electrons. The Morgan fingerprint density at radius 2 is 1.89 bits per heavy atom. The number of nitrogens with zero attached hydrogens (tertiary/aromatic N) is 2. The Morgan fingerprint density at radius 3 is 2.48 bits per heavy atom. The second kappa shape index (κ2) is 9.87. The Kier molecular flexibility index (Phi) is 7.82. The fourth-order valence-corrected chi connectivity index (χ4v) is 3.87. The van der Waals surface area contributed by atoms with E-state index in [1.165, 1.54) is 43.7 Å². The Morgan fingerprint density at radius 1 is 1.19 bits per heavy atom. The molecular formula is C19H25N3O3S2. The number of aryl methyl sites for hydroxylation is 1. The number of hydrogen-bond acceptors (Lipinski definition) is 5. The molecule has 1 aromatic heterocycles. The van der Waals surface area contributed by atoms with Crippen LogP contribution in [0.1, 0.15) is 18.9 Å². The number of carbonyl (C=O) groups is 1. The van der Waals surface area contributed by atoms with Crippen molar-refractivity contribution in [1.82, 2.24) is 14.6 Å². The van der Waals surface area contributed by atoms with Gasteiger partial charge in [0.05, 0.1) is 10.8 Å². The van der Waals surface area contributed by atoms with E-state index in [-0.39, 0.29) is 22.6 Å². The zero-order valence-electron chi connectivity index (χ0n) is 15.8. The Bertz CT molecular complexity index is 838. The average Bonchev–Trinajstić information content (AvgIpc) is 2.66. The van der Waals surface area contributed by atoms with E-state index in [0.29, 0.717) is 5.03 Å². The van der Waals surface area contributed by atoms with Gasteiger partial charge in [0, 0.05) is 26.3 Å². The highest BCUT2D eigenvalue weighted by Gasteiger charge is 2.17. The van der Waals surface area contributed by atoms with Crippen LogP contribution >= 0.6 is 11.8 Å². The minimum absolute atomic E-state index is 0.0626. The van der Waals surface area contributed by atoms with Crippen molar-refractivity contribution in [1.29, 1.82) is 0 Å². The first-order chi connectivity index (χ1) is 12.8. The maximum absolute atomic E-state index is 12.1. The zero-order valence-corrected chi connectivity index (χ0v) is 17.4. The normalized spacial score (nSPS) is 12.7. The lowest BCUT2D eigenvalue weighted by Gasteiger charge is -2.14. The predicted molar refractivity (Wildman–Crippen MR) is 108 cm³/mol. The van der Waals surface area contributed by atoms with Crippen LogP contribution in [-0.2, 0) is 21.2 Å². The van der Waals surface area contributed by atoms with Gasteiger partial charge >= 0.3 is 0 Å². The monoisotopic (exact) mass is 407 g/mol. The molecule has 0 bridgehead atoms. The number of hydrogen-bond donors (Lipinski definition) is 1. The smallest absolute Gasteiger partial charge is 0.244 e. The van der Waals surface area contributed by atoms with Crippen LogP contribution in [0.2, 0.25) is 0 Å². The lowest BCUT2D eigenvalue weighted by atomic mass is 10.1. The molecule has 1 aromatic carbocycles. The van der Waals surface area contributed by atoms with Gasteiger partial charge in [0.15, 0.2) is 0 Å². The third kappa shape index (κ3) is 6.64. The van der Waals surface area contributed by atoms with E-state index in [9.17, 15) is 13.2 Å². The molecular weight excluding hydrogens is 382 g/mol. The SMILES string of the molecule is C[C@H](CCc1ccccc1)NC(=O)CSc1ccc(S(=O)(=O)N(C)C)cn1. The van der Waals surface area contributed by atoms with E-state index in [1.54, 1.807) is 6.07 Å². The van der Waals surface area contributed by atoms with Gasteiger partial charge in [0.1, 0.15) is 4.90 Å². The molecule has 0 aliphatic rings. The van der Waals surface area contributed by atoms with E-state index in [1.807, 2.05) is 25.1 Å². The summed E-state index contributed by atoms with van der Waals surface area (Å²) in [5.74, 6) is 0.176. The van der Waals surface area contributed by atoms with Gasteiger partial charge in [0.25, 0.3) is 0 Å². The third-order valence-corrected chi connectivity index (χ3v) is 6.70. The molecule has 2 aromatic rings. The number of thioether (sulfide) groups is 1. The zero-order chi connectivity index (χ0) is 19.9. The molecule has 1 heterocycles. The summed E-state index contributed by atoms with van der Waals surface area (Å²) < 4.78 is 25.2. The predicted octanol–water partition coefficient (Wildman–Crippen LogP) is 2.56. The molecule has 2 rings (SSSR count). The van der Waals surface area contributed by atoms with Gasteiger partial charge in [-0.05, 0) is 37.5 Å². The van der Waals surface area contributed by atoms with Crippen molar-refractivity contribution >= 4 is 27.7 Å². The molecule has 0 fully saturated rings. The number of rotatable bonds is 9. The maximum Gasteiger partial charge on any atom is 0.244 e. The first kappa shape index (κ1) is 21.4. The summed E-state index contributed by atoms with van der Waals surface area (Å²) >= 11 is 1.28. The average molecular weight is 408 g/mol. The summed E-state index contributed by atoms with van der Waals surface area (Å²) in [5, 5.41) is 3.59. The van der Waals surface area contributed by atoms with E-state index in [4.69, 9.17) is 0 Å². The highest BCUT2D eigenvalue weighted by atomic mass is 32.2.